The van der Waals surface area contributed by atoms with Crippen LogP contribution in [-0.4, -0.2) is 109 Å². The molecule has 1 fully saturated rings. The Labute approximate surface area is 308 Å². The Morgan fingerprint density at radius 2 is 1.85 bits per heavy atom. The number of anilines is 1. The third kappa shape index (κ3) is 10.7. The molecule has 2 atom stereocenters. The summed E-state index contributed by atoms with van der Waals surface area (Å²) in [4.78, 5) is 35.6. The van der Waals surface area contributed by atoms with Crippen LogP contribution in [0.25, 0.3) is 22.6 Å². The fourth-order valence-electron chi connectivity index (χ4n) is 5.53. The van der Waals surface area contributed by atoms with Gasteiger partial charge in [-0.2, -0.15) is 0 Å². The molecule has 1 aromatic carbocycles. The SMILES string of the molecule is Cc1noc(C)c1-c1nc(-c2cccc(OCC(CNCC(=O)OC(C)(C)C)O[Si](C)(C)C(C)(C)C)c2)nc(NCC2COCCN2C(=O)O)c1C. The molecule has 3 N–H and O–H groups in total. The molecule has 3 aromatic rings. The number of rotatable bonds is 14. The Morgan fingerprint density at radius 3 is 2.48 bits per heavy atom. The molecule has 3 heterocycles. The molecule has 0 saturated carbocycles. The van der Waals surface area contributed by atoms with Gasteiger partial charge in [-0.05, 0) is 71.8 Å². The van der Waals surface area contributed by atoms with Gasteiger partial charge < -0.3 is 38.9 Å². The van der Waals surface area contributed by atoms with Crippen LogP contribution in [0.1, 0.15) is 58.6 Å². The van der Waals surface area contributed by atoms with E-state index in [0.29, 0.717) is 66.3 Å². The van der Waals surface area contributed by atoms with Crippen molar-refractivity contribution in [2.75, 3.05) is 51.3 Å². The van der Waals surface area contributed by atoms with Crippen molar-refractivity contribution < 1.29 is 37.9 Å². The second kappa shape index (κ2) is 16.7. The molecule has 52 heavy (non-hydrogen) atoms. The molecule has 0 spiro atoms. The van der Waals surface area contributed by atoms with Gasteiger partial charge in [0.05, 0.1) is 48.9 Å². The zero-order valence-electron chi connectivity index (χ0n) is 32.5. The minimum absolute atomic E-state index is 0.0281. The van der Waals surface area contributed by atoms with Crippen LogP contribution < -0.4 is 15.4 Å². The van der Waals surface area contributed by atoms with E-state index in [9.17, 15) is 14.7 Å². The maximum absolute atomic E-state index is 12.4. The topological polar surface area (TPSA) is 170 Å². The maximum atomic E-state index is 12.4. The first-order valence-corrected chi connectivity index (χ1v) is 20.6. The molecule has 0 bridgehead atoms. The first-order chi connectivity index (χ1) is 24.3. The number of hydrogen-bond donors (Lipinski definition) is 3. The zero-order valence-corrected chi connectivity index (χ0v) is 33.5. The molecule has 1 saturated heterocycles. The molecule has 1 aliphatic heterocycles. The van der Waals surface area contributed by atoms with Crippen LogP contribution in [0.5, 0.6) is 5.75 Å². The van der Waals surface area contributed by atoms with E-state index in [-0.39, 0.29) is 42.9 Å². The summed E-state index contributed by atoms with van der Waals surface area (Å²) in [5.41, 5.74) is 3.04. The van der Waals surface area contributed by atoms with Crippen LogP contribution in [0.2, 0.25) is 18.1 Å². The van der Waals surface area contributed by atoms with Crippen molar-refractivity contribution in [3.63, 3.8) is 0 Å². The monoisotopic (exact) mass is 740 g/mol. The van der Waals surface area contributed by atoms with Gasteiger partial charge in [0.15, 0.2) is 14.1 Å². The van der Waals surface area contributed by atoms with Crippen molar-refractivity contribution in [3.8, 4) is 28.4 Å². The molecule has 2 aromatic heterocycles. The van der Waals surface area contributed by atoms with Gasteiger partial charge >= 0.3 is 12.1 Å². The highest BCUT2D eigenvalue weighted by atomic mass is 28.4. The fourth-order valence-corrected chi connectivity index (χ4v) is 6.87. The number of morpholine rings is 1. The summed E-state index contributed by atoms with van der Waals surface area (Å²) in [6, 6.07) is 7.15. The van der Waals surface area contributed by atoms with Gasteiger partial charge in [-0.3, -0.25) is 9.69 Å². The highest BCUT2D eigenvalue weighted by Crippen LogP contribution is 2.38. The number of amides is 1. The number of benzene rings is 1. The molecule has 1 aliphatic rings. The zero-order chi connectivity index (χ0) is 38.4. The summed E-state index contributed by atoms with van der Waals surface area (Å²) in [5, 5.41) is 20.4. The van der Waals surface area contributed by atoms with Gasteiger partial charge in [0.25, 0.3) is 0 Å². The first-order valence-electron chi connectivity index (χ1n) is 17.7. The van der Waals surface area contributed by atoms with Crippen LogP contribution in [0.4, 0.5) is 10.6 Å². The number of carbonyl (C=O) groups is 2. The largest absolute Gasteiger partial charge is 0.491 e. The molecule has 4 rings (SSSR count). The molecule has 15 heteroatoms. The molecule has 14 nitrogen and oxygen atoms in total. The Kier molecular flexibility index (Phi) is 13.1. The van der Waals surface area contributed by atoms with E-state index in [1.165, 1.54) is 4.90 Å². The van der Waals surface area contributed by atoms with Crippen LogP contribution >= 0.6 is 0 Å². The second-order valence-corrected chi connectivity index (χ2v) is 20.5. The summed E-state index contributed by atoms with van der Waals surface area (Å²) in [6.45, 7) is 24.0. The summed E-state index contributed by atoms with van der Waals surface area (Å²) in [7, 11) is -2.19. The van der Waals surface area contributed by atoms with Gasteiger partial charge in [-0.15, -0.1) is 0 Å². The van der Waals surface area contributed by atoms with Gasteiger partial charge in [0.1, 0.15) is 29.5 Å². The average molecular weight is 741 g/mol. The van der Waals surface area contributed by atoms with Gasteiger partial charge in [0, 0.05) is 30.8 Å². The Morgan fingerprint density at radius 1 is 1.12 bits per heavy atom. The molecule has 286 valence electrons. The van der Waals surface area contributed by atoms with Gasteiger partial charge in [0.2, 0.25) is 0 Å². The Hall–Kier alpha value is -4.05. The smallest absolute Gasteiger partial charge is 0.407 e. The number of carboxylic acid groups (broad SMARTS) is 1. The quantitative estimate of drug-likeness (QED) is 0.126. The van der Waals surface area contributed by atoms with Crippen molar-refractivity contribution in [2.45, 2.75) is 98.2 Å². The van der Waals surface area contributed by atoms with Crippen molar-refractivity contribution in [1.29, 1.82) is 0 Å². The number of nitrogens with one attached hydrogen (secondary N) is 2. The van der Waals surface area contributed by atoms with Crippen molar-refractivity contribution >= 4 is 26.2 Å². The number of ether oxygens (including phenoxy) is 3. The van der Waals surface area contributed by atoms with E-state index in [0.717, 1.165) is 11.1 Å². The predicted molar refractivity (Wildman–Crippen MR) is 201 cm³/mol. The van der Waals surface area contributed by atoms with Crippen LogP contribution in [-0.2, 0) is 18.7 Å². The van der Waals surface area contributed by atoms with Crippen molar-refractivity contribution in [1.82, 2.24) is 25.3 Å². The Balaban J connectivity index is 1.60. The third-order valence-electron chi connectivity index (χ3n) is 9.25. The van der Waals surface area contributed by atoms with Crippen LogP contribution in [0.3, 0.4) is 0 Å². The summed E-state index contributed by atoms with van der Waals surface area (Å²) < 4.78 is 29.6. The van der Waals surface area contributed by atoms with Crippen molar-refractivity contribution in [3.05, 3.63) is 41.3 Å². The number of aromatic nitrogens is 3. The standard InChI is InChI=1S/C37H56N6O8Si/c1-23-32(31-24(2)42-50-25(31)3)40-34(41-33(23)39-18-27-21-47-16-15-43(27)35(45)46)26-13-12-14-28(17-26)48-22-29(51-52(10,11)37(7,8)9)19-38-20-30(44)49-36(4,5)6/h12-14,17,27,29,38H,15-16,18-22H2,1-11H3,(H,45,46)(H,39,40,41). The number of aryl methyl sites for hydroxylation is 2. The molecule has 0 radical (unpaired) electrons. The highest BCUT2D eigenvalue weighted by Gasteiger charge is 2.39. The predicted octanol–water partition coefficient (Wildman–Crippen LogP) is 6.22. The van der Waals surface area contributed by atoms with Crippen LogP contribution in [0.15, 0.2) is 28.8 Å². The van der Waals surface area contributed by atoms with E-state index < -0.39 is 20.0 Å². The average Bonchev–Trinajstić information content (AvgIpc) is 3.38. The summed E-state index contributed by atoms with van der Waals surface area (Å²) in [6.07, 6.45) is -1.32. The lowest BCUT2D eigenvalue weighted by Crippen LogP contribution is -2.51. The number of nitrogens with zero attached hydrogens (tertiary/aromatic N) is 4. The fraction of sp³-hybridized carbons (Fsp3) is 0.595. The van der Waals surface area contributed by atoms with E-state index >= 15 is 0 Å². The van der Waals surface area contributed by atoms with E-state index in [4.69, 9.17) is 33.1 Å². The number of esters is 1. The van der Waals surface area contributed by atoms with Crippen molar-refractivity contribution in [2.24, 2.45) is 0 Å². The normalized spacial score (nSPS) is 16.1. The van der Waals surface area contributed by atoms with Gasteiger partial charge in [-0.25, -0.2) is 14.8 Å². The minimum Gasteiger partial charge on any atom is -0.491 e. The first kappa shape index (κ1) is 40.7. The second-order valence-electron chi connectivity index (χ2n) is 15.7. The van der Waals surface area contributed by atoms with E-state index in [1.54, 1.807) is 0 Å². The Bertz CT molecular complexity index is 1680. The number of hydrogen-bond acceptors (Lipinski definition) is 12. The lowest BCUT2D eigenvalue weighted by atomic mass is 10.0. The third-order valence-corrected chi connectivity index (χ3v) is 13.8. The molecular weight excluding hydrogens is 685 g/mol. The van der Waals surface area contributed by atoms with E-state index in [2.05, 4.69) is 49.7 Å². The number of carbonyl (C=O) groups excluding carboxylic acids is 1. The highest BCUT2D eigenvalue weighted by molar-refractivity contribution is 6.74. The maximum Gasteiger partial charge on any atom is 0.407 e. The lowest BCUT2D eigenvalue weighted by Gasteiger charge is -2.39. The summed E-state index contributed by atoms with van der Waals surface area (Å²) in [5.74, 6) is 1.89. The van der Waals surface area contributed by atoms with Gasteiger partial charge in [-0.1, -0.05) is 38.1 Å². The van der Waals surface area contributed by atoms with Crippen LogP contribution in [0, 0.1) is 20.8 Å². The molecule has 1 amide bonds. The van der Waals surface area contributed by atoms with E-state index in [1.807, 2.05) is 65.8 Å². The summed E-state index contributed by atoms with van der Waals surface area (Å²) >= 11 is 0. The lowest BCUT2D eigenvalue weighted by molar-refractivity contribution is -0.153. The molecular formula is C37H56N6O8Si. The molecule has 2 unspecified atom stereocenters. The minimum atomic E-state index is -2.19. The molecule has 0 aliphatic carbocycles.